The number of hydrogen-bond acceptors (Lipinski definition) is 8. The molecule has 0 spiro atoms. The second kappa shape index (κ2) is 9.98. The summed E-state index contributed by atoms with van der Waals surface area (Å²) in [5.74, 6) is -3.75. The molecule has 12 heteroatoms. The Hall–Kier alpha value is -3.83. The lowest BCUT2D eigenvalue weighted by Crippen LogP contribution is -2.44. The summed E-state index contributed by atoms with van der Waals surface area (Å²) in [4.78, 5) is 91.6. The SMILES string of the molecule is O=C(CCC(=O)N(CCN1CC=CC1=O)CCN1C(=O)C=CC1=O)ON1C(=O)CCC1=O. The van der Waals surface area contributed by atoms with Gasteiger partial charge in [0, 0.05) is 70.2 Å². The number of nitrogens with zero attached hydrogens (tertiary/aromatic N) is 4. The molecule has 0 radical (unpaired) electrons. The Kier molecular flexibility index (Phi) is 7.13. The standard InChI is InChI=1S/C20H22N4O8/c25-14-2-1-9-21(14)10-11-22(12-13-23-16(27)3-4-17(23)28)15(26)7-8-20(31)32-24-18(29)5-6-19(24)30/h1-4H,5-13H2. The molecular formula is C20H22N4O8. The zero-order valence-electron chi connectivity index (χ0n) is 17.2. The minimum absolute atomic E-state index is 0.0194. The number of imide groups is 2. The number of rotatable bonds is 10. The van der Waals surface area contributed by atoms with E-state index in [-0.39, 0.29) is 57.8 Å². The predicted octanol–water partition coefficient (Wildman–Crippen LogP) is -1.47. The smallest absolute Gasteiger partial charge is 0.333 e. The van der Waals surface area contributed by atoms with Crippen LogP contribution in [0, 0.1) is 0 Å². The van der Waals surface area contributed by atoms with E-state index in [9.17, 15) is 33.6 Å². The van der Waals surface area contributed by atoms with Gasteiger partial charge in [0.2, 0.25) is 11.8 Å². The molecular weight excluding hydrogens is 424 g/mol. The lowest BCUT2D eigenvalue weighted by atomic mass is 10.2. The summed E-state index contributed by atoms with van der Waals surface area (Å²) in [6, 6.07) is 0. The van der Waals surface area contributed by atoms with E-state index in [1.165, 1.54) is 15.9 Å². The van der Waals surface area contributed by atoms with Crippen LogP contribution in [0.4, 0.5) is 0 Å². The van der Waals surface area contributed by atoms with E-state index in [0.29, 0.717) is 11.6 Å². The Morgan fingerprint density at radius 3 is 2.06 bits per heavy atom. The van der Waals surface area contributed by atoms with Gasteiger partial charge in [0.25, 0.3) is 23.6 Å². The first-order chi connectivity index (χ1) is 15.3. The fraction of sp³-hybridized carbons (Fsp3) is 0.450. The number of carbonyl (C=O) groups is 7. The summed E-state index contributed by atoms with van der Waals surface area (Å²) in [6.07, 6.45) is 4.67. The second-order valence-electron chi connectivity index (χ2n) is 7.27. The fourth-order valence-electron chi connectivity index (χ4n) is 3.32. The Morgan fingerprint density at radius 1 is 0.844 bits per heavy atom. The third-order valence-electron chi connectivity index (χ3n) is 5.13. The van der Waals surface area contributed by atoms with Crippen LogP contribution >= 0.6 is 0 Å². The van der Waals surface area contributed by atoms with E-state index in [0.717, 1.165) is 17.1 Å². The third kappa shape index (κ3) is 5.45. The van der Waals surface area contributed by atoms with Gasteiger partial charge in [-0.2, -0.15) is 0 Å². The van der Waals surface area contributed by atoms with Gasteiger partial charge in [-0.1, -0.05) is 6.08 Å². The highest BCUT2D eigenvalue weighted by atomic mass is 16.7. The van der Waals surface area contributed by atoms with Crippen LogP contribution in [0.2, 0.25) is 0 Å². The first-order valence-corrected chi connectivity index (χ1v) is 10.1. The van der Waals surface area contributed by atoms with Crippen LogP contribution in [-0.4, -0.2) is 93.9 Å². The molecule has 1 saturated heterocycles. The minimum atomic E-state index is -0.907. The molecule has 3 rings (SSSR count). The molecule has 0 aliphatic carbocycles. The topological polar surface area (TPSA) is 142 Å². The van der Waals surface area contributed by atoms with Crippen LogP contribution in [0.15, 0.2) is 24.3 Å². The first-order valence-electron chi connectivity index (χ1n) is 10.1. The predicted molar refractivity (Wildman–Crippen MR) is 105 cm³/mol. The van der Waals surface area contributed by atoms with Crippen molar-refractivity contribution in [1.82, 2.24) is 19.8 Å². The van der Waals surface area contributed by atoms with Gasteiger partial charge in [-0.3, -0.25) is 33.7 Å². The Morgan fingerprint density at radius 2 is 1.47 bits per heavy atom. The average molecular weight is 446 g/mol. The van der Waals surface area contributed by atoms with Gasteiger partial charge in [-0.25, -0.2) is 4.79 Å². The summed E-state index contributed by atoms with van der Waals surface area (Å²) in [5.41, 5.74) is 0. The summed E-state index contributed by atoms with van der Waals surface area (Å²) < 4.78 is 0. The molecule has 0 bridgehead atoms. The van der Waals surface area contributed by atoms with Gasteiger partial charge < -0.3 is 14.6 Å². The lowest BCUT2D eigenvalue weighted by Gasteiger charge is -2.27. The molecule has 0 aromatic rings. The molecule has 0 saturated carbocycles. The Bertz CT molecular complexity index is 891. The molecule has 12 nitrogen and oxygen atoms in total. The summed E-state index contributed by atoms with van der Waals surface area (Å²) in [5, 5.41) is 0.411. The highest BCUT2D eigenvalue weighted by molar-refractivity contribution is 6.12. The van der Waals surface area contributed by atoms with Crippen LogP contribution in [0.25, 0.3) is 0 Å². The van der Waals surface area contributed by atoms with Gasteiger partial charge in [0.15, 0.2) is 0 Å². The number of hydroxylamine groups is 2. The zero-order chi connectivity index (χ0) is 23.3. The van der Waals surface area contributed by atoms with Gasteiger partial charge >= 0.3 is 5.97 Å². The van der Waals surface area contributed by atoms with E-state index in [1.807, 2.05) is 0 Å². The molecule has 32 heavy (non-hydrogen) atoms. The highest BCUT2D eigenvalue weighted by Crippen LogP contribution is 2.13. The second-order valence-corrected chi connectivity index (χ2v) is 7.27. The normalized spacial score (nSPS) is 17.9. The average Bonchev–Trinajstić information content (AvgIpc) is 3.41. The molecule has 3 aliphatic rings. The molecule has 0 aromatic heterocycles. The van der Waals surface area contributed by atoms with Gasteiger partial charge in [0.1, 0.15) is 0 Å². The van der Waals surface area contributed by atoms with Crippen molar-refractivity contribution in [2.24, 2.45) is 0 Å². The largest absolute Gasteiger partial charge is 0.339 e. The monoisotopic (exact) mass is 446 g/mol. The molecule has 1 fully saturated rings. The minimum Gasteiger partial charge on any atom is -0.339 e. The molecule has 0 aromatic carbocycles. The molecule has 0 N–H and O–H groups in total. The molecule has 0 unspecified atom stereocenters. The van der Waals surface area contributed by atoms with Crippen LogP contribution in [0.5, 0.6) is 0 Å². The van der Waals surface area contributed by atoms with Crippen molar-refractivity contribution in [3.8, 4) is 0 Å². The molecule has 0 atom stereocenters. The lowest BCUT2D eigenvalue weighted by molar-refractivity contribution is -0.197. The van der Waals surface area contributed by atoms with E-state index in [1.54, 1.807) is 6.08 Å². The van der Waals surface area contributed by atoms with Gasteiger partial charge in [-0.15, -0.1) is 5.06 Å². The van der Waals surface area contributed by atoms with Crippen LogP contribution in [-0.2, 0) is 38.4 Å². The van der Waals surface area contributed by atoms with Gasteiger partial charge in [-0.05, 0) is 0 Å². The third-order valence-corrected chi connectivity index (χ3v) is 5.13. The Balaban J connectivity index is 1.53. The van der Waals surface area contributed by atoms with Gasteiger partial charge in [0.05, 0.1) is 6.42 Å². The summed E-state index contributed by atoms with van der Waals surface area (Å²) in [7, 11) is 0. The maximum absolute atomic E-state index is 12.7. The van der Waals surface area contributed by atoms with Crippen molar-refractivity contribution < 1.29 is 38.4 Å². The van der Waals surface area contributed by atoms with E-state index < -0.39 is 35.5 Å². The molecule has 170 valence electrons. The van der Waals surface area contributed by atoms with E-state index >= 15 is 0 Å². The van der Waals surface area contributed by atoms with Crippen LogP contribution in [0.1, 0.15) is 25.7 Å². The highest BCUT2D eigenvalue weighted by Gasteiger charge is 2.33. The van der Waals surface area contributed by atoms with Crippen molar-refractivity contribution in [3.05, 3.63) is 24.3 Å². The van der Waals surface area contributed by atoms with Crippen molar-refractivity contribution in [1.29, 1.82) is 0 Å². The fourth-order valence-corrected chi connectivity index (χ4v) is 3.32. The number of carbonyl (C=O) groups excluding carboxylic acids is 7. The van der Waals surface area contributed by atoms with Crippen molar-refractivity contribution in [2.45, 2.75) is 25.7 Å². The first kappa shape index (κ1) is 22.8. The maximum atomic E-state index is 12.7. The summed E-state index contributed by atoms with van der Waals surface area (Å²) in [6.45, 7) is 0.764. The quantitative estimate of drug-likeness (QED) is 0.370. The van der Waals surface area contributed by atoms with E-state index in [4.69, 9.17) is 4.84 Å². The van der Waals surface area contributed by atoms with Crippen LogP contribution in [0.3, 0.4) is 0 Å². The number of hydrogen-bond donors (Lipinski definition) is 0. The molecule has 3 heterocycles. The van der Waals surface area contributed by atoms with Crippen molar-refractivity contribution in [3.63, 3.8) is 0 Å². The van der Waals surface area contributed by atoms with E-state index in [2.05, 4.69) is 0 Å². The summed E-state index contributed by atoms with van der Waals surface area (Å²) >= 11 is 0. The van der Waals surface area contributed by atoms with Crippen LogP contribution < -0.4 is 0 Å². The maximum Gasteiger partial charge on any atom is 0.333 e. The van der Waals surface area contributed by atoms with Crippen molar-refractivity contribution >= 4 is 41.4 Å². The zero-order valence-corrected chi connectivity index (χ0v) is 17.2. The van der Waals surface area contributed by atoms with Crippen molar-refractivity contribution in [2.75, 3.05) is 32.7 Å². The molecule has 3 aliphatic heterocycles. The number of amides is 6. The molecule has 6 amide bonds. The Labute approximate surface area is 183 Å².